The van der Waals surface area contributed by atoms with Crippen LogP contribution in [0.25, 0.3) is 0 Å². The number of carbonyl (C=O) groups is 1. The minimum absolute atomic E-state index is 0.132. The van der Waals surface area contributed by atoms with Crippen molar-refractivity contribution in [3.05, 3.63) is 29.6 Å². The minimum Gasteiger partial charge on any atom is -0.477 e. The average Bonchev–Trinajstić information content (AvgIpc) is 2.51. The second kappa shape index (κ2) is 5.70. The molecule has 1 N–H and O–H groups in total. The Hall–Kier alpha value is -1.42. The van der Waals surface area contributed by atoms with Crippen LogP contribution in [0.2, 0.25) is 0 Å². The van der Waals surface area contributed by atoms with E-state index in [1.165, 1.54) is 25.3 Å². The molecule has 19 heavy (non-hydrogen) atoms. The van der Waals surface area contributed by atoms with Crippen molar-refractivity contribution in [2.45, 2.75) is 39.7 Å². The molecule has 1 aliphatic rings. The zero-order valence-corrected chi connectivity index (χ0v) is 11.7. The Morgan fingerprint density at radius 1 is 1.37 bits per heavy atom. The van der Waals surface area contributed by atoms with Gasteiger partial charge in [0.05, 0.1) is 5.69 Å². The maximum Gasteiger partial charge on any atom is 0.354 e. The summed E-state index contributed by atoms with van der Waals surface area (Å²) in [5.74, 6) is -0.959. The third-order valence-corrected chi connectivity index (χ3v) is 3.84. The molecule has 0 amide bonds. The fraction of sp³-hybridized carbons (Fsp3) is 0.600. The highest BCUT2D eigenvalue weighted by atomic mass is 16.4. The predicted molar refractivity (Wildman–Crippen MR) is 74.1 cm³/mol. The maximum atomic E-state index is 10.9. The Kier molecular flexibility index (Phi) is 4.20. The van der Waals surface area contributed by atoms with Crippen LogP contribution in [0.3, 0.4) is 0 Å². The van der Waals surface area contributed by atoms with Crippen LogP contribution in [0.4, 0.5) is 0 Å². The number of nitrogens with zero attached hydrogens (tertiary/aromatic N) is 2. The average molecular weight is 262 g/mol. The molecular formula is C15H22N2O2. The first kappa shape index (κ1) is 14.0. The van der Waals surface area contributed by atoms with E-state index in [9.17, 15) is 4.79 Å². The van der Waals surface area contributed by atoms with Gasteiger partial charge in [0.15, 0.2) is 0 Å². The summed E-state index contributed by atoms with van der Waals surface area (Å²) in [7, 11) is 0. The maximum absolute atomic E-state index is 10.9. The summed E-state index contributed by atoms with van der Waals surface area (Å²) in [6.07, 6.45) is 3.64. The van der Waals surface area contributed by atoms with Gasteiger partial charge in [-0.25, -0.2) is 9.78 Å². The van der Waals surface area contributed by atoms with Crippen LogP contribution in [0, 0.1) is 5.41 Å². The highest BCUT2D eigenvalue weighted by Gasteiger charge is 2.23. The van der Waals surface area contributed by atoms with Gasteiger partial charge in [-0.1, -0.05) is 19.9 Å². The Morgan fingerprint density at radius 3 is 2.89 bits per heavy atom. The molecule has 2 heterocycles. The molecule has 4 heteroatoms. The topological polar surface area (TPSA) is 53.4 Å². The third kappa shape index (κ3) is 4.03. The lowest BCUT2D eigenvalue weighted by Crippen LogP contribution is -2.25. The number of carboxylic acid groups (broad SMARTS) is 1. The lowest BCUT2D eigenvalue weighted by Gasteiger charge is -2.23. The molecule has 0 bridgehead atoms. The van der Waals surface area contributed by atoms with Crippen LogP contribution >= 0.6 is 0 Å². The van der Waals surface area contributed by atoms with Crippen LogP contribution in [0.15, 0.2) is 18.2 Å². The quantitative estimate of drug-likeness (QED) is 0.910. The number of carboxylic acids is 1. The molecule has 0 radical (unpaired) electrons. The van der Waals surface area contributed by atoms with Gasteiger partial charge in [0.25, 0.3) is 0 Å². The first-order valence-electron chi connectivity index (χ1n) is 6.88. The van der Waals surface area contributed by atoms with Gasteiger partial charge < -0.3 is 5.11 Å². The molecule has 1 aliphatic heterocycles. The lowest BCUT2D eigenvalue weighted by atomic mass is 9.85. The van der Waals surface area contributed by atoms with Gasteiger partial charge >= 0.3 is 5.97 Å². The fourth-order valence-corrected chi connectivity index (χ4v) is 2.55. The molecule has 1 aromatic rings. The number of hydrogen-bond acceptors (Lipinski definition) is 3. The lowest BCUT2D eigenvalue weighted by molar-refractivity contribution is 0.0690. The van der Waals surface area contributed by atoms with Crippen molar-refractivity contribution in [1.82, 2.24) is 9.88 Å². The van der Waals surface area contributed by atoms with Gasteiger partial charge in [-0.05, 0) is 49.9 Å². The summed E-state index contributed by atoms with van der Waals surface area (Å²) in [5.41, 5.74) is 1.40. The van der Waals surface area contributed by atoms with E-state index in [4.69, 9.17) is 5.11 Å². The summed E-state index contributed by atoms with van der Waals surface area (Å²) in [5, 5.41) is 8.95. The van der Waals surface area contributed by atoms with Crippen molar-refractivity contribution >= 4 is 5.97 Å². The molecule has 1 saturated heterocycles. The third-order valence-electron chi connectivity index (χ3n) is 3.84. The van der Waals surface area contributed by atoms with E-state index in [0.29, 0.717) is 5.41 Å². The molecule has 0 aliphatic carbocycles. The predicted octanol–water partition coefficient (Wildman–Crippen LogP) is 2.79. The highest BCUT2D eigenvalue weighted by molar-refractivity contribution is 5.85. The number of aromatic nitrogens is 1. The van der Waals surface area contributed by atoms with Gasteiger partial charge in [-0.15, -0.1) is 0 Å². The number of hydrogen-bond donors (Lipinski definition) is 1. The van der Waals surface area contributed by atoms with Crippen molar-refractivity contribution < 1.29 is 9.90 Å². The van der Waals surface area contributed by atoms with E-state index < -0.39 is 5.97 Å². The van der Waals surface area contributed by atoms with Crippen LogP contribution in [0.1, 0.15) is 49.3 Å². The van der Waals surface area contributed by atoms with E-state index in [0.717, 1.165) is 25.3 Å². The molecule has 0 aromatic carbocycles. The zero-order valence-electron chi connectivity index (χ0n) is 11.7. The monoisotopic (exact) mass is 262 g/mol. The van der Waals surface area contributed by atoms with Gasteiger partial charge in [0.1, 0.15) is 5.69 Å². The largest absolute Gasteiger partial charge is 0.477 e. The van der Waals surface area contributed by atoms with Crippen molar-refractivity contribution in [3.8, 4) is 0 Å². The van der Waals surface area contributed by atoms with Crippen molar-refractivity contribution in [2.75, 3.05) is 13.1 Å². The van der Waals surface area contributed by atoms with Crippen LogP contribution in [-0.2, 0) is 6.54 Å². The molecule has 1 aromatic heterocycles. The molecule has 0 spiro atoms. The first-order valence-corrected chi connectivity index (χ1v) is 6.88. The summed E-state index contributed by atoms with van der Waals surface area (Å²) in [6.45, 7) is 7.52. The summed E-state index contributed by atoms with van der Waals surface area (Å²) in [4.78, 5) is 17.5. The molecule has 1 fully saturated rings. The fourth-order valence-electron chi connectivity index (χ4n) is 2.55. The Morgan fingerprint density at radius 2 is 2.16 bits per heavy atom. The summed E-state index contributed by atoms with van der Waals surface area (Å²) >= 11 is 0. The van der Waals surface area contributed by atoms with Crippen LogP contribution in [-0.4, -0.2) is 34.0 Å². The zero-order chi connectivity index (χ0) is 13.9. The number of aromatic carboxylic acids is 1. The number of pyridine rings is 1. The van der Waals surface area contributed by atoms with Gasteiger partial charge in [-0.3, -0.25) is 4.90 Å². The molecule has 0 unspecified atom stereocenters. The smallest absolute Gasteiger partial charge is 0.354 e. The van der Waals surface area contributed by atoms with E-state index in [1.54, 1.807) is 6.07 Å². The van der Waals surface area contributed by atoms with Gasteiger partial charge in [0.2, 0.25) is 0 Å². The van der Waals surface area contributed by atoms with Gasteiger partial charge in [-0.2, -0.15) is 0 Å². The Bertz CT molecular complexity index is 457. The standard InChI is InChI=1S/C15H22N2O2/c1-15(2)7-4-9-17(10-8-15)11-12-5-3-6-13(16-12)14(18)19/h3,5-6H,4,7-11H2,1-2H3,(H,18,19). The van der Waals surface area contributed by atoms with Crippen LogP contribution < -0.4 is 0 Å². The summed E-state index contributed by atoms with van der Waals surface area (Å²) in [6, 6.07) is 5.22. The molecular weight excluding hydrogens is 240 g/mol. The molecule has 0 atom stereocenters. The normalized spacial score (nSPS) is 19.9. The molecule has 104 valence electrons. The number of rotatable bonds is 3. The summed E-state index contributed by atoms with van der Waals surface area (Å²) < 4.78 is 0. The Labute approximate surface area is 114 Å². The molecule has 2 rings (SSSR count). The second-order valence-corrected chi connectivity index (χ2v) is 6.11. The Balaban J connectivity index is 2.01. The van der Waals surface area contributed by atoms with E-state index in [2.05, 4.69) is 23.7 Å². The van der Waals surface area contributed by atoms with Gasteiger partial charge in [0, 0.05) is 6.54 Å². The minimum atomic E-state index is -0.959. The van der Waals surface area contributed by atoms with E-state index in [1.807, 2.05) is 6.07 Å². The molecule has 4 nitrogen and oxygen atoms in total. The first-order chi connectivity index (χ1) is 8.96. The van der Waals surface area contributed by atoms with E-state index in [-0.39, 0.29) is 5.69 Å². The van der Waals surface area contributed by atoms with Crippen molar-refractivity contribution in [1.29, 1.82) is 0 Å². The molecule has 0 saturated carbocycles. The second-order valence-electron chi connectivity index (χ2n) is 6.11. The van der Waals surface area contributed by atoms with Crippen molar-refractivity contribution in [3.63, 3.8) is 0 Å². The van der Waals surface area contributed by atoms with Crippen LogP contribution in [0.5, 0.6) is 0 Å². The number of likely N-dealkylation sites (tertiary alicyclic amines) is 1. The van der Waals surface area contributed by atoms with E-state index >= 15 is 0 Å². The van der Waals surface area contributed by atoms with Crippen molar-refractivity contribution in [2.24, 2.45) is 5.41 Å². The SMILES string of the molecule is CC1(C)CCCN(Cc2cccc(C(=O)O)n2)CC1. The highest BCUT2D eigenvalue weighted by Crippen LogP contribution is 2.30.